The van der Waals surface area contributed by atoms with Crippen LogP contribution in [0.15, 0.2) is 12.2 Å². The fourth-order valence-corrected chi connectivity index (χ4v) is 1.17. The molecule has 62 valence electrons. The van der Waals surface area contributed by atoms with E-state index in [1.165, 1.54) is 0 Å². The first-order valence-electron chi connectivity index (χ1n) is 3.95. The number of carbonyl (C=O) groups is 1. The van der Waals surface area contributed by atoms with Gasteiger partial charge in [0.2, 0.25) is 0 Å². The molecule has 0 aliphatic heterocycles. The SMILES string of the molecule is C=C(C)CCC1(C(=O)O)CC1. The van der Waals surface area contributed by atoms with Gasteiger partial charge in [-0.15, -0.1) is 6.58 Å². The van der Waals surface area contributed by atoms with E-state index in [-0.39, 0.29) is 5.41 Å². The van der Waals surface area contributed by atoms with Crippen molar-refractivity contribution in [2.75, 3.05) is 0 Å². The Labute approximate surface area is 66.9 Å². The molecular formula is C9H14O2. The van der Waals surface area contributed by atoms with Gasteiger partial charge < -0.3 is 5.11 Å². The summed E-state index contributed by atoms with van der Waals surface area (Å²) in [6.45, 7) is 5.69. The average Bonchev–Trinajstić information content (AvgIpc) is 2.63. The Kier molecular flexibility index (Phi) is 2.03. The maximum Gasteiger partial charge on any atom is 0.309 e. The molecule has 1 saturated carbocycles. The average molecular weight is 154 g/mol. The van der Waals surface area contributed by atoms with Crippen molar-refractivity contribution in [3.05, 3.63) is 12.2 Å². The van der Waals surface area contributed by atoms with Crippen molar-refractivity contribution >= 4 is 5.97 Å². The molecule has 0 heterocycles. The van der Waals surface area contributed by atoms with E-state index in [9.17, 15) is 4.79 Å². The second-order valence-corrected chi connectivity index (χ2v) is 3.54. The molecule has 0 atom stereocenters. The predicted molar refractivity (Wildman–Crippen MR) is 43.4 cm³/mol. The number of rotatable bonds is 4. The van der Waals surface area contributed by atoms with Crippen LogP contribution in [0.25, 0.3) is 0 Å². The molecule has 2 heteroatoms. The Morgan fingerprint density at radius 2 is 2.18 bits per heavy atom. The molecule has 0 unspecified atom stereocenters. The van der Waals surface area contributed by atoms with Crippen LogP contribution >= 0.6 is 0 Å². The van der Waals surface area contributed by atoms with Crippen molar-refractivity contribution in [3.63, 3.8) is 0 Å². The van der Waals surface area contributed by atoms with Crippen molar-refractivity contribution in [1.82, 2.24) is 0 Å². The lowest BCUT2D eigenvalue weighted by Gasteiger charge is -2.07. The molecule has 0 aromatic heterocycles. The number of carboxylic acids is 1. The standard InChI is InChI=1S/C9H14O2/c1-7(2)3-4-9(5-6-9)8(10)11/h1,3-6H2,2H3,(H,10,11). The molecular weight excluding hydrogens is 140 g/mol. The van der Waals surface area contributed by atoms with Gasteiger partial charge in [0.25, 0.3) is 0 Å². The van der Waals surface area contributed by atoms with Crippen LogP contribution in [0.5, 0.6) is 0 Å². The largest absolute Gasteiger partial charge is 0.481 e. The zero-order chi connectivity index (χ0) is 8.48. The lowest BCUT2D eigenvalue weighted by molar-refractivity contribution is -0.143. The highest BCUT2D eigenvalue weighted by Gasteiger charge is 2.49. The van der Waals surface area contributed by atoms with Gasteiger partial charge in [-0.3, -0.25) is 4.79 Å². The van der Waals surface area contributed by atoms with Crippen LogP contribution in [0.2, 0.25) is 0 Å². The molecule has 2 nitrogen and oxygen atoms in total. The summed E-state index contributed by atoms with van der Waals surface area (Å²) in [5.74, 6) is -0.626. The lowest BCUT2D eigenvalue weighted by atomic mass is 9.98. The van der Waals surface area contributed by atoms with E-state index in [0.717, 1.165) is 31.3 Å². The van der Waals surface area contributed by atoms with E-state index in [1.807, 2.05) is 6.92 Å². The van der Waals surface area contributed by atoms with E-state index < -0.39 is 5.97 Å². The molecule has 0 bridgehead atoms. The van der Waals surface area contributed by atoms with Crippen LogP contribution in [-0.2, 0) is 4.79 Å². The summed E-state index contributed by atoms with van der Waals surface area (Å²) < 4.78 is 0. The third-order valence-corrected chi connectivity index (χ3v) is 2.34. The number of allylic oxidation sites excluding steroid dienone is 1. The number of aliphatic carboxylic acids is 1. The number of hydrogen-bond acceptors (Lipinski definition) is 1. The zero-order valence-electron chi connectivity index (χ0n) is 6.89. The van der Waals surface area contributed by atoms with Crippen molar-refractivity contribution in [3.8, 4) is 0 Å². The van der Waals surface area contributed by atoms with Crippen LogP contribution in [0.4, 0.5) is 0 Å². The second kappa shape index (κ2) is 2.68. The van der Waals surface area contributed by atoms with Gasteiger partial charge in [0, 0.05) is 0 Å². The summed E-state index contributed by atoms with van der Waals surface area (Å²) in [5, 5.41) is 8.79. The summed E-state index contributed by atoms with van der Waals surface area (Å²) in [5.41, 5.74) is 0.719. The van der Waals surface area contributed by atoms with Gasteiger partial charge in [0.15, 0.2) is 0 Å². The van der Waals surface area contributed by atoms with Crippen LogP contribution in [0.3, 0.4) is 0 Å². The molecule has 1 fully saturated rings. The van der Waals surface area contributed by atoms with E-state index in [0.29, 0.717) is 0 Å². The maximum atomic E-state index is 10.7. The monoisotopic (exact) mass is 154 g/mol. The molecule has 11 heavy (non-hydrogen) atoms. The van der Waals surface area contributed by atoms with Crippen molar-refractivity contribution in [2.24, 2.45) is 5.41 Å². The highest BCUT2D eigenvalue weighted by Crippen LogP contribution is 2.50. The summed E-state index contributed by atoms with van der Waals surface area (Å²) in [4.78, 5) is 10.7. The minimum atomic E-state index is -0.626. The fraction of sp³-hybridized carbons (Fsp3) is 0.667. The third-order valence-electron chi connectivity index (χ3n) is 2.34. The van der Waals surface area contributed by atoms with Gasteiger partial charge in [0.05, 0.1) is 5.41 Å². The quantitative estimate of drug-likeness (QED) is 0.630. The Bertz CT molecular complexity index is 190. The molecule has 1 aliphatic carbocycles. The fourth-order valence-electron chi connectivity index (χ4n) is 1.17. The molecule has 0 amide bonds. The molecule has 1 aliphatic rings. The van der Waals surface area contributed by atoms with Crippen molar-refractivity contribution < 1.29 is 9.90 Å². The van der Waals surface area contributed by atoms with Crippen LogP contribution in [-0.4, -0.2) is 11.1 Å². The summed E-state index contributed by atoms with van der Waals surface area (Å²) >= 11 is 0. The molecule has 0 aromatic carbocycles. The van der Waals surface area contributed by atoms with Gasteiger partial charge >= 0.3 is 5.97 Å². The first-order valence-corrected chi connectivity index (χ1v) is 3.95. The highest BCUT2D eigenvalue weighted by atomic mass is 16.4. The van der Waals surface area contributed by atoms with Gasteiger partial charge in [-0.05, 0) is 32.6 Å². The Hall–Kier alpha value is -0.790. The highest BCUT2D eigenvalue weighted by molar-refractivity contribution is 5.77. The molecule has 0 spiro atoms. The third kappa shape index (κ3) is 1.82. The van der Waals surface area contributed by atoms with Crippen LogP contribution < -0.4 is 0 Å². The van der Waals surface area contributed by atoms with E-state index >= 15 is 0 Å². The summed E-state index contributed by atoms with van der Waals surface area (Å²) in [6, 6.07) is 0. The Morgan fingerprint density at radius 3 is 2.45 bits per heavy atom. The first kappa shape index (κ1) is 8.31. The van der Waals surface area contributed by atoms with Gasteiger partial charge in [0.1, 0.15) is 0 Å². The topological polar surface area (TPSA) is 37.3 Å². The predicted octanol–water partition coefficient (Wildman–Crippen LogP) is 2.21. The summed E-state index contributed by atoms with van der Waals surface area (Å²) in [7, 11) is 0. The second-order valence-electron chi connectivity index (χ2n) is 3.54. The number of carboxylic acid groups (broad SMARTS) is 1. The first-order chi connectivity index (χ1) is 5.07. The van der Waals surface area contributed by atoms with Gasteiger partial charge in [-0.1, -0.05) is 5.57 Å². The molecule has 0 aromatic rings. The van der Waals surface area contributed by atoms with Gasteiger partial charge in [-0.2, -0.15) is 0 Å². The molecule has 0 saturated heterocycles. The molecule has 0 radical (unpaired) electrons. The smallest absolute Gasteiger partial charge is 0.309 e. The lowest BCUT2D eigenvalue weighted by Crippen LogP contribution is -2.14. The molecule has 1 rings (SSSR count). The number of hydrogen-bond donors (Lipinski definition) is 1. The van der Waals surface area contributed by atoms with Crippen LogP contribution in [0.1, 0.15) is 32.6 Å². The molecule has 1 N–H and O–H groups in total. The zero-order valence-corrected chi connectivity index (χ0v) is 6.89. The normalized spacial score (nSPS) is 19.4. The minimum absolute atomic E-state index is 0.362. The van der Waals surface area contributed by atoms with Crippen molar-refractivity contribution in [1.29, 1.82) is 0 Å². The maximum absolute atomic E-state index is 10.7. The van der Waals surface area contributed by atoms with Gasteiger partial charge in [-0.25, -0.2) is 0 Å². The van der Waals surface area contributed by atoms with Crippen molar-refractivity contribution in [2.45, 2.75) is 32.6 Å². The van der Waals surface area contributed by atoms with E-state index in [2.05, 4.69) is 6.58 Å². The summed E-state index contributed by atoms with van der Waals surface area (Å²) in [6.07, 6.45) is 3.34. The van der Waals surface area contributed by atoms with E-state index in [4.69, 9.17) is 5.11 Å². The minimum Gasteiger partial charge on any atom is -0.481 e. The van der Waals surface area contributed by atoms with E-state index in [1.54, 1.807) is 0 Å². The van der Waals surface area contributed by atoms with Crippen LogP contribution in [0, 0.1) is 5.41 Å². The Balaban J connectivity index is 2.36. The Morgan fingerprint density at radius 1 is 1.64 bits per heavy atom.